The number of guanidine groups is 1. The van der Waals surface area contributed by atoms with Crippen molar-refractivity contribution in [2.45, 2.75) is 44.7 Å². The van der Waals surface area contributed by atoms with Crippen molar-refractivity contribution < 1.29 is 4.42 Å². The molecule has 1 saturated carbocycles. The first-order valence-corrected chi connectivity index (χ1v) is 10.8. The molecule has 0 radical (unpaired) electrons. The quantitative estimate of drug-likeness (QED) is 0.236. The number of aromatic nitrogens is 2. The summed E-state index contributed by atoms with van der Waals surface area (Å²) in [4.78, 5) is 4.70. The number of rotatable bonds is 9. The van der Waals surface area contributed by atoms with Crippen molar-refractivity contribution in [2.24, 2.45) is 4.99 Å². The van der Waals surface area contributed by atoms with Crippen LogP contribution in [0.3, 0.4) is 0 Å². The fraction of sp³-hybridized carbons (Fsp3) is 0.579. The van der Waals surface area contributed by atoms with Gasteiger partial charge in [0.1, 0.15) is 5.76 Å². The third kappa shape index (κ3) is 7.40. The van der Waals surface area contributed by atoms with Crippen LogP contribution in [-0.4, -0.2) is 40.8 Å². The lowest BCUT2D eigenvalue weighted by molar-refractivity contribution is 0.463. The molecule has 150 valence electrons. The van der Waals surface area contributed by atoms with Crippen molar-refractivity contribution in [1.82, 2.24) is 20.4 Å². The Labute approximate surface area is 183 Å². The van der Waals surface area contributed by atoms with Gasteiger partial charge in [-0.25, -0.2) is 4.99 Å². The molecule has 2 heterocycles. The molecule has 0 bridgehead atoms. The minimum atomic E-state index is 0. The summed E-state index contributed by atoms with van der Waals surface area (Å²) in [7, 11) is 0. The zero-order chi connectivity index (χ0) is 18.0. The van der Waals surface area contributed by atoms with Gasteiger partial charge in [0.2, 0.25) is 0 Å². The van der Waals surface area contributed by atoms with Crippen molar-refractivity contribution in [3.63, 3.8) is 0 Å². The second kappa shape index (κ2) is 12.3. The van der Waals surface area contributed by atoms with Crippen LogP contribution in [-0.2, 0) is 13.0 Å². The predicted molar refractivity (Wildman–Crippen MR) is 123 cm³/mol. The molecular formula is C19H30IN5OS. The third-order valence-corrected chi connectivity index (χ3v) is 5.22. The first-order chi connectivity index (χ1) is 12.8. The molecule has 0 aliphatic heterocycles. The highest BCUT2D eigenvalue weighted by atomic mass is 127. The van der Waals surface area contributed by atoms with Gasteiger partial charge in [-0.15, -0.1) is 24.0 Å². The Bertz CT molecular complexity index is 667. The Hall–Kier alpha value is -1.16. The van der Waals surface area contributed by atoms with Gasteiger partial charge in [-0.1, -0.05) is 12.8 Å². The molecule has 2 aromatic rings. The minimum Gasteiger partial charge on any atom is -0.469 e. The van der Waals surface area contributed by atoms with Gasteiger partial charge in [0.05, 0.1) is 24.5 Å². The number of hydrogen-bond acceptors (Lipinski definition) is 4. The molecule has 0 unspecified atom stereocenters. The maximum Gasteiger partial charge on any atom is 0.191 e. The number of nitrogens with zero attached hydrogens (tertiary/aromatic N) is 3. The monoisotopic (exact) mass is 503 g/mol. The van der Waals surface area contributed by atoms with Gasteiger partial charge in [0.15, 0.2) is 5.96 Å². The molecule has 0 aromatic carbocycles. The van der Waals surface area contributed by atoms with Crippen LogP contribution in [0.4, 0.5) is 0 Å². The van der Waals surface area contributed by atoms with Crippen LogP contribution in [0, 0.1) is 0 Å². The average Bonchev–Trinajstić information content (AvgIpc) is 3.41. The van der Waals surface area contributed by atoms with Gasteiger partial charge in [0.25, 0.3) is 0 Å². The third-order valence-electron chi connectivity index (χ3n) is 4.60. The van der Waals surface area contributed by atoms with Crippen molar-refractivity contribution in [3.05, 3.63) is 42.1 Å². The first-order valence-electron chi connectivity index (χ1n) is 9.42. The SMILES string of the molecule is CSCCNC(=NCc1ccn(C2CCCC2)n1)NCCc1ccco1.I. The molecule has 2 N–H and O–H groups in total. The number of aliphatic imine (C=N–C) groups is 1. The molecule has 0 amide bonds. The van der Waals surface area contributed by atoms with Gasteiger partial charge in [-0.3, -0.25) is 4.68 Å². The van der Waals surface area contributed by atoms with Crippen LogP contribution in [0.15, 0.2) is 40.1 Å². The van der Waals surface area contributed by atoms with E-state index in [-0.39, 0.29) is 24.0 Å². The first kappa shape index (κ1) is 22.1. The van der Waals surface area contributed by atoms with Gasteiger partial charge in [0, 0.05) is 31.5 Å². The molecule has 2 aromatic heterocycles. The molecule has 0 spiro atoms. The van der Waals surface area contributed by atoms with Crippen LogP contribution < -0.4 is 10.6 Å². The molecule has 8 heteroatoms. The van der Waals surface area contributed by atoms with Crippen molar-refractivity contribution in [2.75, 3.05) is 25.1 Å². The number of nitrogens with one attached hydrogen (secondary N) is 2. The van der Waals surface area contributed by atoms with E-state index in [1.54, 1.807) is 6.26 Å². The van der Waals surface area contributed by atoms with E-state index in [0.717, 1.165) is 42.7 Å². The van der Waals surface area contributed by atoms with Crippen LogP contribution in [0.25, 0.3) is 0 Å². The summed E-state index contributed by atoms with van der Waals surface area (Å²) in [5.41, 5.74) is 1.02. The van der Waals surface area contributed by atoms with E-state index in [1.165, 1.54) is 25.7 Å². The predicted octanol–water partition coefficient (Wildman–Crippen LogP) is 3.85. The van der Waals surface area contributed by atoms with Gasteiger partial charge in [-0.05, 0) is 37.3 Å². The smallest absolute Gasteiger partial charge is 0.191 e. The fourth-order valence-electron chi connectivity index (χ4n) is 3.20. The molecule has 0 saturated heterocycles. The van der Waals surface area contributed by atoms with Crippen LogP contribution in [0.2, 0.25) is 0 Å². The van der Waals surface area contributed by atoms with Crippen LogP contribution >= 0.6 is 35.7 Å². The summed E-state index contributed by atoms with van der Waals surface area (Å²) in [6, 6.07) is 6.58. The van der Waals surface area contributed by atoms with Gasteiger partial charge in [-0.2, -0.15) is 16.9 Å². The molecule has 1 fully saturated rings. The molecular weight excluding hydrogens is 473 g/mol. The zero-order valence-corrected chi connectivity index (χ0v) is 19.0. The highest BCUT2D eigenvalue weighted by molar-refractivity contribution is 14.0. The van der Waals surface area contributed by atoms with E-state index in [9.17, 15) is 0 Å². The summed E-state index contributed by atoms with van der Waals surface area (Å²) in [6.07, 6.45) is 11.9. The van der Waals surface area contributed by atoms with Crippen LogP contribution in [0.1, 0.15) is 43.2 Å². The summed E-state index contributed by atoms with van der Waals surface area (Å²) in [5, 5.41) is 11.5. The largest absolute Gasteiger partial charge is 0.469 e. The second-order valence-corrected chi connectivity index (χ2v) is 7.55. The Morgan fingerprint density at radius 3 is 2.85 bits per heavy atom. The topological polar surface area (TPSA) is 67.4 Å². The molecule has 6 nitrogen and oxygen atoms in total. The number of hydrogen-bond donors (Lipinski definition) is 2. The van der Waals surface area contributed by atoms with Crippen molar-refractivity contribution in [3.8, 4) is 0 Å². The van der Waals surface area contributed by atoms with Crippen molar-refractivity contribution >= 4 is 41.7 Å². The van der Waals surface area contributed by atoms with E-state index in [0.29, 0.717) is 12.6 Å². The van der Waals surface area contributed by atoms with E-state index in [1.807, 2.05) is 23.9 Å². The summed E-state index contributed by atoms with van der Waals surface area (Å²) < 4.78 is 7.51. The number of furan rings is 1. The Morgan fingerprint density at radius 2 is 2.11 bits per heavy atom. The summed E-state index contributed by atoms with van der Waals surface area (Å²) in [6.45, 7) is 2.27. The Kier molecular flexibility index (Phi) is 10.1. The second-order valence-electron chi connectivity index (χ2n) is 6.57. The summed E-state index contributed by atoms with van der Waals surface area (Å²) >= 11 is 1.82. The Morgan fingerprint density at radius 1 is 1.30 bits per heavy atom. The van der Waals surface area contributed by atoms with Gasteiger partial charge < -0.3 is 15.1 Å². The lowest BCUT2D eigenvalue weighted by atomic mass is 10.3. The molecule has 1 aliphatic rings. The van der Waals surface area contributed by atoms with E-state index < -0.39 is 0 Å². The van der Waals surface area contributed by atoms with Crippen molar-refractivity contribution in [1.29, 1.82) is 0 Å². The van der Waals surface area contributed by atoms with Crippen LogP contribution in [0.5, 0.6) is 0 Å². The zero-order valence-electron chi connectivity index (χ0n) is 15.9. The minimum absolute atomic E-state index is 0. The van der Waals surface area contributed by atoms with E-state index >= 15 is 0 Å². The number of thioether (sulfide) groups is 1. The number of halogens is 1. The molecule has 27 heavy (non-hydrogen) atoms. The highest BCUT2D eigenvalue weighted by Gasteiger charge is 2.17. The van der Waals surface area contributed by atoms with Gasteiger partial charge >= 0.3 is 0 Å². The maximum absolute atomic E-state index is 5.38. The Balaban J connectivity index is 0.00000261. The molecule has 0 atom stereocenters. The highest BCUT2D eigenvalue weighted by Crippen LogP contribution is 2.28. The van der Waals surface area contributed by atoms with E-state index in [2.05, 4.69) is 33.8 Å². The fourth-order valence-corrected chi connectivity index (χ4v) is 3.50. The maximum atomic E-state index is 5.38. The summed E-state index contributed by atoms with van der Waals surface area (Å²) in [5.74, 6) is 2.87. The normalized spacial score (nSPS) is 14.9. The molecule has 1 aliphatic carbocycles. The molecule has 3 rings (SSSR count). The lowest BCUT2D eigenvalue weighted by Crippen LogP contribution is -2.39. The van der Waals surface area contributed by atoms with E-state index in [4.69, 9.17) is 14.5 Å². The standard InChI is InChI=1S/C19H29N5OS.HI/c1-26-14-11-21-19(20-10-8-18-7-4-13-25-18)22-15-16-9-12-24(23-16)17-5-2-3-6-17;/h4,7,9,12-13,17H,2-3,5-6,8,10-11,14-15H2,1H3,(H2,20,21,22);1H. The average molecular weight is 503 g/mol. The lowest BCUT2D eigenvalue weighted by Gasteiger charge is -2.11.